The molecule has 0 N–H and O–H groups in total. The smallest absolute Gasteiger partial charge is 0.224 e. The maximum atomic E-state index is 12.7. The van der Waals surface area contributed by atoms with Crippen molar-refractivity contribution < 1.29 is 9.53 Å². The lowest BCUT2D eigenvalue weighted by Gasteiger charge is -2.36. The second kappa shape index (κ2) is 8.20. The van der Waals surface area contributed by atoms with E-state index in [9.17, 15) is 4.79 Å². The molecule has 134 valence electrons. The number of hydrogen-bond acceptors (Lipinski definition) is 5. The van der Waals surface area contributed by atoms with Gasteiger partial charge in [0.25, 0.3) is 0 Å². The third-order valence-corrected chi connectivity index (χ3v) is 4.57. The summed E-state index contributed by atoms with van der Waals surface area (Å²) in [6.07, 6.45) is 7.43. The Morgan fingerprint density at radius 2 is 2.16 bits per heavy atom. The molecule has 7 heteroatoms. The highest BCUT2D eigenvalue weighted by atomic mass is 16.5. The van der Waals surface area contributed by atoms with E-state index in [0.717, 1.165) is 29.9 Å². The van der Waals surface area contributed by atoms with Crippen LogP contribution >= 0.6 is 0 Å². The third-order valence-electron chi connectivity index (χ3n) is 4.57. The first-order valence-corrected chi connectivity index (χ1v) is 8.77. The van der Waals surface area contributed by atoms with Crippen molar-refractivity contribution >= 4 is 5.91 Å². The van der Waals surface area contributed by atoms with Crippen molar-refractivity contribution in [1.29, 1.82) is 0 Å². The largest absolute Gasteiger partial charge is 0.377 e. The Bertz CT molecular complexity index is 715. The molecule has 0 spiro atoms. The van der Waals surface area contributed by atoms with Gasteiger partial charge in [-0.3, -0.25) is 19.4 Å². The van der Waals surface area contributed by atoms with E-state index in [-0.39, 0.29) is 11.9 Å². The maximum absolute atomic E-state index is 12.7. The van der Waals surface area contributed by atoms with Crippen LogP contribution < -0.4 is 0 Å². The predicted octanol–water partition coefficient (Wildman–Crippen LogP) is 1.54. The number of ether oxygens (including phenoxy) is 1. The summed E-state index contributed by atoms with van der Waals surface area (Å²) in [6.45, 7) is 6.37. The van der Waals surface area contributed by atoms with Crippen molar-refractivity contribution in [3.8, 4) is 0 Å². The molecule has 0 unspecified atom stereocenters. The summed E-state index contributed by atoms with van der Waals surface area (Å²) in [5, 5.41) is 4.34. The summed E-state index contributed by atoms with van der Waals surface area (Å²) in [6, 6.07) is 2.05. The molecule has 0 radical (unpaired) electrons. The molecule has 3 heterocycles. The van der Waals surface area contributed by atoms with Crippen LogP contribution in [0.1, 0.15) is 29.9 Å². The number of amides is 1. The zero-order chi connectivity index (χ0) is 17.6. The van der Waals surface area contributed by atoms with Gasteiger partial charge in [0, 0.05) is 38.1 Å². The van der Waals surface area contributed by atoms with Crippen molar-refractivity contribution in [3.05, 3.63) is 41.7 Å². The number of nitrogens with zero attached hydrogens (tertiary/aromatic N) is 5. The molecule has 1 aliphatic rings. The SMILES string of the molecule is Cc1ccn(CCC(=O)N2CCOC[C@@H]2CCc2nccnc2C)n1. The highest BCUT2D eigenvalue weighted by molar-refractivity contribution is 5.76. The van der Waals surface area contributed by atoms with E-state index in [1.165, 1.54) is 0 Å². The van der Waals surface area contributed by atoms with Crippen LogP contribution in [-0.4, -0.2) is 56.4 Å². The van der Waals surface area contributed by atoms with E-state index in [0.29, 0.717) is 32.7 Å². The van der Waals surface area contributed by atoms with E-state index in [1.807, 2.05) is 35.7 Å². The third kappa shape index (κ3) is 4.63. The fourth-order valence-electron chi connectivity index (χ4n) is 3.15. The fraction of sp³-hybridized carbons (Fsp3) is 0.556. The van der Waals surface area contributed by atoms with Crippen LogP contribution in [0.3, 0.4) is 0 Å². The molecule has 2 aromatic heterocycles. The number of rotatable bonds is 6. The van der Waals surface area contributed by atoms with Gasteiger partial charge >= 0.3 is 0 Å². The topological polar surface area (TPSA) is 73.1 Å². The van der Waals surface area contributed by atoms with E-state index in [1.54, 1.807) is 12.4 Å². The molecule has 0 saturated carbocycles. The molecule has 0 aliphatic carbocycles. The molecular formula is C18H25N5O2. The summed E-state index contributed by atoms with van der Waals surface area (Å²) in [5.41, 5.74) is 2.91. The minimum atomic E-state index is 0.0991. The normalized spacial score (nSPS) is 17.7. The van der Waals surface area contributed by atoms with Gasteiger partial charge in [-0.2, -0.15) is 5.10 Å². The molecule has 0 aromatic carbocycles. The van der Waals surface area contributed by atoms with Crippen LogP contribution in [0.25, 0.3) is 0 Å². The molecule has 1 saturated heterocycles. The minimum Gasteiger partial charge on any atom is -0.377 e. The lowest BCUT2D eigenvalue weighted by atomic mass is 10.1. The highest BCUT2D eigenvalue weighted by Gasteiger charge is 2.27. The zero-order valence-corrected chi connectivity index (χ0v) is 14.9. The van der Waals surface area contributed by atoms with Gasteiger partial charge in [-0.15, -0.1) is 0 Å². The summed E-state index contributed by atoms with van der Waals surface area (Å²) in [7, 11) is 0. The van der Waals surface area contributed by atoms with E-state index in [4.69, 9.17) is 4.74 Å². The van der Waals surface area contributed by atoms with Crippen molar-refractivity contribution in [2.75, 3.05) is 19.8 Å². The lowest BCUT2D eigenvalue weighted by molar-refractivity contribution is -0.140. The number of hydrogen-bond donors (Lipinski definition) is 0. The van der Waals surface area contributed by atoms with Gasteiger partial charge in [0.15, 0.2) is 0 Å². The Labute approximate surface area is 148 Å². The van der Waals surface area contributed by atoms with Gasteiger partial charge in [0.1, 0.15) is 0 Å². The average Bonchev–Trinajstić information content (AvgIpc) is 3.04. The molecule has 0 bridgehead atoms. The minimum absolute atomic E-state index is 0.0991. The fourth-order valence-corrected chi connectivity index (χ4v) is 3.15. The van der Waals surface area contributed by atoms with Gasteiger partial charge in [-0.25, -0.2) is 0 Å². The Balaban J connectivity index is 1.56. The summed E-state index contributed by atoms with van der Waals surface area (Å²) >= 11 is 0. The number of aromatic nitrogens is 4. The predicted molar refractivity (Wildman–Crippen MR) is 93.0 cm³/mol. The zero-order valence-electron chi connectivity index (χ0n) is 14.9. The second-order valence-electron chi connectivity index (χ2n) is 6.41. The second-order valence-corrected chi connectivity index (χ2v) is 6.41. The van der Waals surface area contributed by atoms with E-state index in [2.05, 4.69) is 15.1 Å². The molecule has 2 aromatic rings. The molecule has 1 fully saturated rings. The summed E-state index contributed by atoms with van der Waals surface area (Å²) in [4.78, 5) is 23.3. The molecule has 25 heavy (non-hydrogen) atoms. The molecule has 1 atom stereocenters. The Kier molecular flexibility index (Phi) is 5.75. The molecule has 3 rings (SSSR count). The van der Waals surface area contributed by atoms with Gasteiger partial charge in [0.2, 0.25) is 5.91 Å². The highest BCUT2D eigenvalue weighted by Crippen LogP contribution is 2.16. The molecule has 1 amide bonds. The van der Waals surface area contributed by atoms with Gasteiger partial charge < -0.3 is 9.64 Å². The standard InChI is InChI=1S/C18H25N5O2/c1-14-5-9-22(21-14)10-6-18(24)23-11-12-25-13-16(23)3-4-17-15(2)19-7-8-20-17/h5,7-9,16H,3-4,6,10-13H2,1-2H3/t16-/m0/s1. The van der Waals surface area contributed by atoms with Crippen molar-refractivity contribution in [1.82, 2.24) is 24.6 Å². The summed E-state index contributed by atoms with van der Waals surface area (Å²) in [5.74, 6) is 0.164. The lowest BCUT2D eigenvalue weighted by Crippen LogP contribution is -2.49. The average molecular weight is 343 g/mol. The van der Waals surface area contributed by atoms with Crippen molar-refractivity contribution in [2.45, 2.75) is 45.7 Å². The first-order chi connectivity index (χ1) is 12.1. The van der Waals surface area contributed by atoms with Crippen LogP contribution in [0.4, 0.5) is 0 Å². The van der Waals surface area contributed by atoms with Crippen LogP contribution in [0.15, 0.2) is 24.7 Å². The number of carbonyl (C=O) groups excluding carboxylic acids is 1. The molecule has 7 nitrogen and oxygen atoms in total. The molecule has 1 aliphatic heterocycles. The quantitative estimate of drug-likeness (QED) is 0.795. The van der Waals surface area contributed by atoms with Crippen LogP contribution in [-0.2, 0) is 22.5 Å². The Morgan fingerprint density at radius 3 is 2.92 bits per heavy atom. The van der Waals surface area contributed by atoms with Crippen molar-refractivity contribution in [2.24, 2.45) is 0 Å². The van der Waals surface area contributed by atoms with Crippen LogP contribution in [0, 0.1) is 13.8 Å². The van der Waals surface area contributed by atoms with E-state index < -0.39 is 0 Å². The number of aryl methyl sites for hydroxylation is 4. The van der Waals surface area contributed by atoms with E-state index >= 15 is 0 Å². The maximum Gasteiger partial charge on any atom is 0.224 e. The van der Waals surface area contributed by atoms with Crippen LogP contribution in [0.5, 0.6) is 0 Å². The Hall–Kier alpha value is -2.28. The number of morpholine rings is 1. The summed E-state index contributed by atoms with van der Waals surface area (Å²) < 4.78 is 7.42. The first kappa shape index (κ1) is 17.5. The Morgan fingerprint density at radius 1 is 1.32 bits per heavy atom. The van der Waals surface area contributed by atoms with Gasteiger partial charge in [-0.05, 0) is 32.8 Å². The van der Waals surface area contributed by atoms with Gasteiger partial charge in [-0.1, -0.05) is 0 Å². The number of carbonyl (C=O) groups is 1. The van der Waals surface area contributed by atoms with Gasteiger partial charge in [0.05, 0.1) is 36.3 Å². The molecular weight excluding hydrogens is 318 g/mol. The monoisotopic (exact) mass is 343 g/mol. The first-order valence-electron chi connectivity index (χ1n) is 8.77. The van der Waals surface area contributed by atoms with Crippen LogP contribution in [0.2, 0.25) is 0 Å². The van der Waals surface area contributed by atoms with Crippen molar-refractivity contribution in [3.63, 3.8) is 0 Å².